The maximum atomic E-state index is 11.9. The fourth-order valence-corrected chi connectivity index (χ4v) is 2.95. The monoisotopic (exact) mass is 349 g/mol. The number of aryl methyl sites for hydroxylation is 2. The average Bonchev–Trinajstić information content (AvgIpc) is 2.53. The van der Waals surface area contributed by atoms with Crippen LogP contribution in [0.2, 0.25) is 5.02 Å². The van der Waals surface area contributed by atoms with Gasteiger partial charge in [-0.15, -0.1) is 0 Å². The van der Waals surface area contributed by atoms with Crippen LogP contribution in [0.3, 0.4) is 0 Å². The molecule has 0 aliphatic rings. The molecule has 0 fully saturated rings. The summed E-state index contributed by atoms with van der Waals surface area (Å²) in [5.41, 5.74) is 3.84. The van der Waals surface area contributed by atoms with Crippen molar-refractivity contribution in [2.75, 3.05) is 18.2 Å². The Morgan fingerprint density at radius 3 is 2.65 bits per heavy atom. The van der Waals surface area contributed by atoms with Gasteiger partial charge in [-0.2, -0.15) is 0 Å². The summed E-state index contributed by atoms with van der Waals surface area (Å²) in [6.45, 7) is 4.37. The lowest BCUT2D eigenvalue weighted by atomic mass is 10.1. The van der Waals surface area contributed by atoms with Crippen LogP contribution < -0.4 is 9.64 Å². The zero-order valence-corrected chi connectivity index (χ0v) is 15.3. The van der Waals surface area contributed by atoms with E-state index in [2.05, 4.69) is 6.07 Å². The Kier molecular flexibility index (Phi) is 5.97. The van der Waals surface area contributed by atoms with Crippen molar-refractivity contribution in [2.24, 2.45) is 0 Å². The molecule has 0 aromatic heterocycles. The molecule has 2 rings (SSSR count). The van der Waals surface area contributed by atoms with Crippen molar-refractivity contribution >= 4 is 34.3 Å². The van der Waals surface area contributed by atoms with Crippen LogP contribution in [0.4, 0.5) is 10.5 Å². The molecule has 1 amide bonds. The van der Waals surface area contributed by atoms with Crippen molar-refractivity contribution in [1.82, 2.24) is 0 Å². The van der Waals surface area contributed by atoms with Crippen molar-refractivity contribution in [3.8, 4) is 5.75 Å². The molecular weight excluding hydrogens is 330 g/mol. The van der Waals surface area contributed by atoms with Gasteiger partial charge in [-0.1, -0.05) is 47.1 Å². The molecule has 0 saturated carbocycles. The summed E-state index contributed by atoms with van der Waals surface area (Å²) in [6, 6.07) is 11.6. The molecular formula is C18H20ClNO2S. The van der Waals surface area contributed by atoms with E-state index in [4.69, 9.17) is 16.3 Å². The van der Waals surface area contributed by atoms with Crippen molar-refractivity contribution in [3.05, 3.63) is 58.1 Å². The van der Waals surface area contributed by atoms with Crippen LogP contribution in [0.25, 0.3) is 0 Å². The van der Waals surface area contributed by atoms with E-state index in [0.29, 0.717) is 11.6 Å². The normalized spacial score (nSPS) is 10.5. The molecule has 0 heterocycles. The van der Waals surface area contributed by atoms with Crippen LogP contribution in [0.5, 0.6) is 5.75 Å². The van der Waals surface area contributed by atoms with Gasteiger partial charge in [0.15, 0.2) is 0 Å². The van der Waals surface area contributed by atoms with Crippen LogP contribution >= 0.6 is 23.4 Å². The maximum absolute atomic E-state index is 11.9. The fraction of sp³-hybridized carbons (Fsp3) is 0.278. The van der Waals surface area contributed by atoms with Crippen LogP contribution in [-0.2, 0) is 6.61 Å². The zero-order valence-electron chi connectivity index (χ0n) is 13.7. The Hall–Kier alpha value is -1.65. The summed E-state index contributed by atoms with van der Waals surface area (Å²) < 4.78 is 5.93. The van der Waals surface area contributed by atoms with Gasteiger partial charge in [-0.3, -0.25) is 4.79 Å². The molecule has 0 N–H and O–H groups in total. The Morgan fingerprint density at radius 1 is 1.26 bits per heavy atom. The molecule has 2 aromatic carbocycles. The second-order valence-corrected chi connectivity index (χ2v) is 6.49. The highest BCUT2D eigenvalue weighted by molar-refractivity contribution is 8.13. The number of amides is 1. The summed E-state index contributed by atoms with van der Waals surface area (Å²) >= 11 is 7.49. The van der Waals surface area contributed by atoms with Crippen LogP contribution in [0.15, 0.2) is 36.4 Å². The number of ether oxygens (including phenoxy) is 1. The van der Waals surface area contributed by atoms with Gasteiger partial charge >= 0.3 is 0 Å². The lowest BCUT2D eigenvalue weighted by molar-refractivity contribution is 0.266. The van der Waals surface area contributed by atoms with Gasteiger partial charge in [0, 0.05) is 17.6 Å². The third-order valence-electron chi connectivity index (χ3n) is 3.61. The number of thioether (sulfide) groups is 1. The van der Waals surface area contributed by atoms with Crippen LogP contribution in [0.1, 0.15) is 16.7 Å². The minimum absolute atomic E-state index is 0.0416. The van der Waals surface area contributed by atoms with Gasteiger partial charge in [-0.25, -0.2) is 0 Å². The first-order chi connectivity index (χ1) is 10.9. The predicted molar refractivity (Wildman–Crippen MR) is 99.0 cm³/mol. The average molecular weight is 350 g/mol. The number of carbonyl (C=O) groups excluding carboxylic acids is 1. The topological polar surface area (TPSA) is 29.5 Å². The summed E-state index contributed by atoms with van der Waals surface area (Å²) in [4.78, 5) is 13.5. The number of nitrogens with zero attached hydrogens (tertiary/aromatic N) is 1. The Labute approximate surface area is 146 Å². The summed E-state index contributed by atoms with van der Waals surface area (Å²) in [5.74, 6) is 0.820. The molecule has 0 atom stereocenters. The van der Waals surface area contributed by atoms with Gasteiger partial charge in [-0.05, 0) is 43.9 Å². The van der Waals surface area contributed by atoms with E-state index in [1.165, 1.54) is 5.56 Å². The van der Waals surface area contributed by atoms with E-state index >= 15 is 0 Å². The van der Waals surface area contributed by atoms with Gasteiger partial charge < -0.3 is 9.64 Å². The Morgan fingerprint density at radius 2 is 2.00 bits per heavy atom. The second kappa shape index (κ2) is 7.75. The van der Waals surface area contributed by atoms with Gasteiger partial charge in [0.1, 0.15) is 12.4 Å². The SMILES string of the molecule is CSC(=O)N(C)c1cccc(Cl)c1COc1ccc(C)cc1C. The molecule has 0 aliphatic heterocycles. The fourth-order valence-electron chi connectivity index (χ4n) is 2.35. The first kappa shape index (κ1) is 17.7. The maximum Gasteiger partial charge on any atom is 0.285 e. The lowest BCUT2D eigenvalue weighted by Crippen LogP contribution is -2.23. The van der Waals surface area contributed by atoms with Gasteiger partial charge in [0.2, 0.25) is 0 Å². The van der Waals surface area contributed by atoms with E-state index in [0.717, 1.165) is 34.3 Å². The van der Waals surface area contributed by atoms with Gasteiger partial charge in [0.05, 0.1) is 5.69 Å². The predicted octanol–water partition coefficient (Wildman–Crippen LogP) is 5.46. The highest BCUT2D eigenvalue weighted by atomic mass is 35.5. The van der Waals surface area contributed by atoms with E-state index < -0.39 is 0 Å². The minimum Gasteiger partial charge on any atom is -0.488 e. The smallest absolute Gasteiger partial charge is 0.285 e. The first-order valence-electron chi connectivity index (χ1n) is 7.23. The van der Waals surface area contributed by atoms with Crippen molar-refractivity contribution in [1.29, 1.82) is 0 Å². The second-order valence-electron chi connectivity index (χ2n) is 5.32. The standard InChI is InChI=1S/C18H20ClNO2S/c1-12-8-9-17(13(2)10-12)22-11-14-15(19)6-5-7-16(14)20(3)18(21)23-4/h5-10H,11H2,1-4H3. The van der Waals surface area contributed by atoms with E-state index in [1.54, 1.807) is 18.2 Å². The highest BCUT2D eigenvalue weighted by Crippen LogP contribution is 2.30. The van der Waals surface area contributed by atoms with E-state index in [-0.39, 0.29) is 5.24 Å². The molecule has 122 valence electrons. The third-order valence-corrected chi connectivity index (χ3v) is 4.58. The zero-order chi connectivity index (χ0) is 17.0. The number of halogens is 1. The molecule has 23 heavy (non-hydrogen) atoms. The summed E-state index contributed by atoms with van der Waals surface area (Å²) in [5, 5.41) is 0.549. The van der Waals surface area contributed by atoms with Gasteiger partial charge in [0.25, 0.3) is 5.24 Å². The lowest BCUT2D eigenvalue weighted by Gasteiger charge is -2.21. The Balaban J connectivity index is 2.27. The number of rotatable bonds is 4. The molecule has 0 aliphatic carbocycles. The minimum atomic E-state index is -0.0416. The number of hydrogen-bond donors (Lipinski definition) is 0. The van der Waals surface area contributed by atoms with Crippen molar-refractivity contribution < 1.29 is 9.53 Å². The molecule has 3 nitrogen and oxygen atoms in total. The molecule has 0 unspecified atom stereocenters. The number of carbonyl (C=O) groups is 1. The highest BCUT2D eigenvalue weighted by Gasteiger charge is 2.16. The van der Waals surface area contributed by atoms with Crippen LogP contribution in [-0.4, -0.2) is 18.5 Å². The molecule has 0 bridgehead atoms. The molecule has 5 heteroatoms. The van der Waals surface area contributed by atoms with E-state index in [1.807, 2.05) is 44.2 Å². The van der Waals surface area contributed by atoms with E-state index in [9.17, 15) is 4.79 Å². The Bertz CT molecular complexity index is 718. The molecule has 0 radical (unpaired) electrons. The number of anilines is 1. The number of hydrogen-bond acceptors (Lipinski definition) is 3. The first-order valence-corrected chi connectivity index (χ1v) is 8.83. The van der Waals surface area contributed by atoms with Crippen molar-refractivity contribution in [3.63, 3.8) is 0 Å². The molecule has 0 saturated heterocycles. The van der Waals surface area contributed by atoms with Crippen molar-refractivity contribution in [2.45, 2.75) is 20.5 Å². The number of benzene rings is 2. The summed E-state index contributed by atoms with van der Waals surface area (Å²) in [7, 11) is 1.74. The molecule has 2 aromatic rings. The van der Waals surface area contributed by atoms with Crippen LogP contribution in [0, 0.1) is 13.8 Å². The summed E-state index contributed by atoms with van der Waals surface area (Å²) in [6.07, 6.45) is 1.76. The molecule has 0 spiro atoms. The largest absolute Gasteiger partial charge is 0.488 e. The quantitative estimate of drug-likeness (QED) is 0.734. The third kappa shape index (κ3) is 4.21.